The molecule has 0 radical (unpaired) electrons. The normalized spacial score (nSPS) is 11.7. The molecule has 0 bridgehead atoms. The Kier molecular flexibility index (Phi) is 7.04. The molecule has 0 unspecified atom stereocenters. The van der Waals surface area contributed by atoms with Gasteiger partial charge in [-0.3, -0.25) is 0 Å². The van der Waals surface area contributed by atoms with E-state index in [0.29, 0.717) is 28.2 Å². The van der Waals surface area contributed by atoms with E-state index < -0.39 is 14.9 Å². The minimum absolute atomic E-state index is 0.165. The zero-order valence-electron chi connectivity index (χ0n) is 17.5. The third kappa shape index (κ3) is 5.72. The minimum Gasteiger partial charge on any atom is -0.411 e. The van der Waals surface area contributed by atoms with Crippen molar-refractivity contribution in [1.82, 2.24) is 9.78 Å². The number of aromatic nitrogens is 2. The fraction of sp³-hybridized carbons (Fsp3) is 0.190. The van der Waals surface area contributed by atoms with Gasteiger partial charge in [0.25, 0.3) is 5.09 Å². The Morgan fingerprint density at radius 2 is 1.91 bits per heavy atom. The highest BCUT2D eigenvalue weighted by atomic mass is 32.2. The molecule has 0 saturated heterocycles. The number of oxime groups is 1. The summed E-state index contributed by atoms with van der Waals surface area (Å²) in [5.74, 6) is 0. The Morgan fingerprint density at radius 1 is 1.24 bits per heavy atom. The fourth-order valence-electron chi connectivity index (χ4n) is 3.08. The molecule has 0 aliphatic carbocycles. The van der Waals surface area contributed by atoms with Crippen molar-refractivity contribution in [3.8, 4) is 23.0 Å². The predicted octanol–water partition coefficient (Wildman–Crippen LogP) is 2.98. The van der Waals surface area contributed by atoms with E-state index in [0.717, 1.165) is 6.26 Å². The van der Waals surface area contributed by atoms with Gasteiger partial charge in [-0.1, -0.05) is 17.3 Å². The van der Waals surface area contributed by atoms with Crippen LogP contribution >= 0.6 is 0 Å². The summed E-state index contributed by atoms with van der Waals surface area (Å²) in [6.07, 6.45) is 1.51. The first-order valence-corrected chi connectivity index (χ1v) is 11.5. The van der Waals surface area contributed by atoms with E-state index in [1.807, 2.05) is 6.07 Å². The molecule has 0 spiro atoms. The summed E-state index contributed by atoms with van der Waals surface area (Å²) < 4.78 is 25.2. The average molecular weight is 469 g/mol. The second kappa shape index (κ2) is 9.92. The molecule has 170 valence electrons. The van der Waals surface area contributed by atoms with Crippen LogP contribution in [0.1, 0.15) is 24.1 Å². The second-order valence-electron chi connectivity index (χ2n) is 6.99. The average Bonchev–Trinajstić information content (AvgIpc) is 3.23. The molecule has 1 N–H and O–H groups in total. The molecule has 11 nitrogen and oxygen atoms in total. The Balaban J connectivity index is 2.02. The molecule has 12 heteroatoms. The molecule has 1 heterocycles. The largest absolute Gasteiger partial charge is 0.411 e. The third-order valence-corrected chi connectivity index (χ3v) is 5.83. The van der Waals surface area contributed by atoms with Gasteiger partial charge >= 0.3 is 0 Å². The summed E-state index contributed by atoms with van der Waals surface area (Å²) in [6.45, 7) is -0.165. The first-order chi connectivity index (χ1) is 15.7. The Labute approximate surface area is 189 Å². The molecule has 3 aromatic rings. The van der Waals surface area contributed by atoms with Crippen molar-refractivity contribution >= 4 is 15.5 Å². The number of hydrogen-bond acceptors (Lipinski definition) is 9. The Bertz CT molecular complexity index is 1320. The highest BCUT2D eigenvalue weighted by Crippen LogP contribution is 2.26. The van der Waals surface area contributed by atoms with E-state index in [-0.39, 0.29) is 30.1 Å². The van der Waals surface area contributed by atoms with E-state index in [1.54, 1.807) is 47.1 Å². The molecule has 33 heavy (non-hydrogen) atoms. The standard InChI is InChI=1S/C21H19N5O6S/c1-33(30,31)18-10-6-16(7-11-18)21-13-20(19(24-27)3-2-12-32-26(28)29)23-25(21)17-8-4-15(14-22)5-9-17/h4-11,13,27H,2-3,12H2,1H3. The van der Waals surface area contributed by atoms with Gasteiger partial charge in [0.1, 0.15) is 11.4 Å². The summed E-state index contributed by atoms with van der Waals surface area (Å²) in [7, 11) is -3.37. The maximum atomic E-state index is 11.8. The Morgan fingerprint density at radius 3 is 2.45 bits per heavy atom. The van der Waals surface area contributed by atoms with Gasteiger partial charge in [-0.05, 0) is 55.3 Å². The molecule has 2 aromatic carbocycles. The molecule has 0 saturated carbocycles. The van der Waals surface area contributed by atoms with Crippen LogP contribution in [0.5, 0.6) is 0 Å². The lowest BCUT2D eigenvalue weighted by Gasteiger charge is -2.08. The summed E-state index contributed by atoms with van der Waals surface area (Å²) in [5.41, 5.74) is 2.84. The quantitative estimate of drug-likeness (QED) is 0.164. The van der Waals surface area contributed by atoms with Crippen molar-refractivity contribution in [2.45, 2.75) is 17.7 Å². The zero-order chi connectivity index (χ0) is 24.0. The van der Waals surface area contributed by atoms with Crippen molar-refractivity contribution in [3.63, 3.8) is 0 Å². The first kappa shape index (κ1) is 23.4. The van der Waals surface area contributed by atoms with Crippen molar-refractivity contribution in [2.24, 2.45) is 5.16 Å². The maximum absolute atomic E-state index is 11.8. The van der Waals surface area contributed by atoms with Gasteiger partial charge in [0.2, 0.25) is 0 Å². The lowest BCUT2D eigenvalue weighted by molar-refractivity contribution is -0.757. The molecule has 0 aliphatic rings. The molecule has 1 aromatic heterocycles. The lowest BCUT2D eigenvalue weighted by atomic mass is 10.1. The molecule has 0 amide bonds. The van der Waals surface area contributed by atoms with Gasteiger partial charge in [-0.25, -0.2) is 13.1 Å². The summed E-state index contributed by atoms with van der Waals surface area (Å²) in [5, 5.41) is 35.8. The van der Waals surface area contributed by atoms with Crippen LogP contribution < -0.4 is 0 Å². The molecule has 0 aliphatic heterocycles. The minimum atomic E-state index is -3.37. The van der Waals surface area contributed by atoms with E-state index in [9.17, 15) is 23.7 Å². The topological polar surface area (TPSA) is 161 Å². The smallest absolute Gasteiger partial charge is 0.294 e. The van der Waals surface area contributed by atoms with Gasteiger partial charge in [-0.2, -0.15) is 10.4 Å². The third-order valence-electron chi connectivity index (χ3n) is 4.70. The number of nitriles is 1. The van der Waals surface area contributed by atoms with Crippen LogP contribution in [0, 0.1) is 21.4 Å². The van der Waals surface area contributed by atoms with Crippen LogP contribution in [0.25, 0.3) is 16.9 Å². The van der Waals surface area contributed by atoms with Crippen LogP contribution in [-0.2, 0) is 14.7 Å². The summed E-state index contributed by atoms with van der Waals surface area (Å²) in [4.78, 5) is 14.8. The number of benzene rings is 2. The lowest BCUT2D eigenvalue weighted by Crippen LogP contribution is -2.08. The van der Waals surface area contributed by atoms with Crippen molar-refractivity contribution in [1.29, 1.82) is 5.26 Å². The Hall–Kier alpha value is -4.24. The molecular formula is C21H19N5O6S. The maximum Gasteiger partial charge on any atom is 0.294 e. The second-order valence-corrected chi connectivity index (χ2v) is 9.00. The van der Waals surface area contributed by atoms with Gasteiger partial charge in [0.05, 0.1) is 34.5 Å². The monoisotopic (exact) mass is 469 g/mol. The fourth-order valence-corrected chi connectivity index (χ4v) is 3.71. The number of rotatable bonds is 9. The van der Waals surface area contributed by atoms with Gasteiger partial charge in [-0.15, -0.1) is 10.1 Å². The van der Waals surface area contributed by atoms with Gasteiger partial charge < -0.3 is 10.0 Å². The van der Waals surface area contributed by atoms with Gasteiger partial charge in [0.15, 0.2) is 9.84 Å². The number of nitrogens with zero attached hydrogens (tertiary/aromatic N) is 5. The van der Waals surface area contributed by atoms with E-state index >= 15 is 0 Å². The van der Waals surface area contributed by atoms with Crippen LogP contribution in [0.15, 0.2) is 64.6 Å². The molecule has 3 rings (SSSR count). The SMILES string of the molecule is CS(=O)(=O)c1ccc(-c2cc(C(CCCO[N+](=O)[O-])=NO)nn2-c2ccc(C#N)cc2)cc1. The highest BCUT2D eigenvalue weighted by molar-refractivity contribution is 7.90. The van der Waals surface area contributed by atoms with Gasteiger partial charge in [0, 0.05) is 11.8 Å². The predicted molar refractivity (Wildman–Crippen MR) is 117 cm³/mol. The van der Waals surface area contributed by atoms with E-state index in [1.165, 1.54) is 12.1 Å². The van der Waals surface area contributed by atoms with E-state index in [2.05, 4.69) is 15.1 Å². The van der Waals surface area contributed by atoms with E-state index in [4.69, 9.17) is 5.26 Å². The van der Waals surface area contributed by atoms with Crippen LogP contribution in [0.3, 0.4) is 0 Å². The summed E-state index contributed by atoms with van der Waals surface area (Å²) >= 11 is 0. The van der Waals surface area contributed by atoms with Crippen LogP contribution in [0.4, 0.5) is 0 Å². The van der Waals surface area contributed by atoms with Crippen LogP contribution in [-0.4, -0.2) is 47.1 Å². The molecule has 0 atom stereocenters. The van der Waals surface area contributed by atoms with Crippen molar-refractivity contribution in [2.75, 3.05) is 12.9 Å². The molecule has 0 fully saturated rings. The van der Waals surface area contributed by atoms with Crippen molar-refractivity contribution < 1.29 is 23.5 Å². The number of sulfone groups is 1. The zero-order valence-corrected chi connectivity index (χ0v) is 18.3. The first-order valence-electron chi connectivity index (χ1n) is 9.62. The van der Waals surface area contributed by atoms with Crippen LogP contribution in [0.2, 0.25) is 0 Å². The summed E-state index contributed by atoms with van der Waals surface area (Å²) in [6, 6.07) is 16.6. The number of hydrogen-bond donors (Lipinski definition) is 1. The highest BCUT2D eigenvalue weighted by Gasteiger charge is 2.17. The molecular weight excluding hydrogens is 450 g/mol. The van der Waals surface area contributed by atoms with Crippen molar-refractivity contribution in [3.05, 3.63) is 76.0 Å².